The third-order valence-corrected chi connectivity index (χ3v) is 5.35. The molecular formula is C18H26N4O6S. The molecule has 1 heterocycles. The lowest BCUT2D eigenvalue weighted by molar-refractivity contribution is -0.142. The summed E-state index contributed by atoms with van der Waals surface area (Å²) in [5, 5.41) is 15.9. The van der Waals surface area contributed by atoms with Crippen LogP contribution in [0.1, 0.15) is 32.8 Å². The third kappa shape index (κ3) is 6.50. The van der Waals surface area contributed by atoms with Crippen molar-refractivity contribution in [2.75, 3.05) is 13.2 Å². The van der Waals surface area contributed by atoms with Gasteiger partial charge in [0.25, 0.3) is 10.0 Å². The molecule has 1 aromatic rings. The van der Waals surface area contributed by atoms with Gasteiger partial charge in [0.05, 0.1) is 4.90 Å². The summed E-state index contributed by atoms with van der Waals surface area (Å²) >= 11 is 0. The SMILES string of the molecule is Cc1ccc(S(=O)(=O)N=NCN[C@H]2C[C@@H](C(=O)O)N(C(=O)OC(C)(C)C)C2)cc1. The van der Waals surface area contributed by atoms with Crippen LogP contribution >= 0.6 is 0 Å². The van der Waals surface area contributed by atoms with E-state index in [9.17, 15) is 23.1 Å². The number of amides is 1. The molecule has 160 valence electrons. The van der Waals surface area contributed by atoms with Crippen LogP contribution in [-0.4, -0.2) is 61.4 Å². The van der Waals surface area contributed by atoms with Gasteiger partial charge >= 0.3 is 12.1 Å². The van der Waals surface area contributed by atoms with Crippen molar-refractivity contribution in [2.45, 2.75) is 56.7 Å². The number of nitrogens with one attached hydrogen (secondary N) is 1. The van der Waals surface area contributed by atoms with Gasteiger partial charge in [0.15, 0.2) is 0 Å². The first-order valence-electron chi connectivity index (χ1n) is 9.05. The quantitative estimate of drug-likeness (QED) is 0.665. The summed E-state index contributed by atoms with van der Waals surface area (Å²) in [5.41, 5.74) is 0.177. The van der Waals surface area contributed by atoms with Crippen LogP contribution in [0.5, 0.6) is 0 Å². The van der Waals surface area contributed by atoms with Gasteiger partial charge in [-0.05, 0) is 46.2 Å². The molecule has 2 atom stereocenters. The first kappa shape index (κ1) is 22.8. The Morgan fingerprint density at radius 1 is 1.28 bits per heavy atom. The molecule has 0 unspecified atom stereocenters. The summed E-state index contributed by atoms with van der Waals surface area (Å²) < 4.78 is 32.9. The fourth-order valence-electron chi connectivity index (χ4n) is 2.77. The van der Waals surface area contributed by atoms with Crippen molar-refractivity contribution in [1.82, 2.24) is 10.2 Å². The van der Waals surface area contributed by atoms with Gasteiger partial charge in [0, 0.05) is 12.6 Å². The summed E-state index contributed by atoms with van der Waals surface area (Å²) in [5.74, 6) is -1.14. The predicted molar refractivity (Wildman–Crippen MR) is 104 cm³/mol. The van der Waals surface area contributed by atoms with Gasteiger partial charge in [-0.25, -0.2) is 9.59 Å². The smallest absolute Gasteiger partial charge is 0.411 e. The molecule has 1 fully saturated rings. The largest absolute Gasteiger partial charge is 0.480 e. The normalized spacial score (nSPS) is 20.2. The molecule has 0 aliphatic carbocycles. The van der Waals surface area contributed by atoms with Gasteiger partial charge in [-0.1, -0.05) is 22.2 Å². The van der Waals surface area contributed by atoms with E-state index in [-0.39, 0.29) is 30.6 Å². The van der Waals surface area contributed by atoms with Gasteiger partial charge in [-0.2, -0.15) is 13.5 Å². The summed E-state index contributed by atoms with van der Waals surface area (Å²) in [6.45, 7) is 6.90. The van der Waals surface area contributed by atoms with Crippen LogP contribution in [-0.2, 0) is 19.6 Å². The number of hydrogen-bond acceptors (Lipinski definition) is 7. The molecule has 0 saturated carbocycles. The van der Waals surface area contributed by atoms with Gasteiger partial charge in [0.2, 0.25) is 0 Å². The Morgan fingerprint density at radius 2 is 1.90 bits per heavy atom. The van der Waals surface area contributed by atoms with Crippen molar-refractivity contribution in [2.24, 2.45) is 9.63 Å². The Kier molecular flexibility index (Phi) is 6.96. The maximum Gasteiger partial charge on any atom is 0.411 e. The second-order valence-corrected chi connectivity index (χ2v) is 9.38. The minimum absolute atomic E-state index is 0.0368. The Morgan fingerprint density at radius 3 is 2.45 bits per heavy atom. The van der Waals surface area contributed by atoms with Gasteiger partial charge in [-0.15, -0.1) is 0 Å². The molecule has 1 amide bonds. The number of hydrogen-bond donors (Lipinski definition) is 2. The van der Waals surface area contributed by atoms with Crippen molar-refractivity contribution in [3.05, 3.63) is 29.8 Å². The number of benzene rings is 1. The van der Waals surface area contributed by atoms with Crippen molar-refractivity contribution >= 4 is 22.1 Å². The van der Waals surface area contributed by atoms with E-state index in [1.165, 1.54) is 12.1 Å². The van der Waals surface area contributed by atoms with Gasteiger partial charge < -0.3 is 9.84 Å². The van der Waals surface area contributed by atoms with Crippen molar-refractivity contribution in [3.63, 3.8) is 0 Å². The number of carbonyl (C=O) groups excluding carboxylic acids is 1. The molecule has 1 saturated heterocycles. The standard InChI is InChI=1S/C18H26N4O6S/c1-12-5-7-14(8-6-12)29(26,27)21-20-11-19-13-9-15(16(23)24)22(10-13)17(25)28-18(2,3)4/h5-8,13,15,19H,9-11H2,1-4H3,(H,23,24)/t13-,15-/m0/s1. The molecule has 29 heavy (non-hydrogen) atoms. The molecule has 1 aliphatic rings. The van der Waals surface area contributed by atoms with E-state index in [1.54, 1.807) is 32.9 Å². The molecule has 2 rings (SSSR count). The number of carboxylic acid groups (broad SMARTS) is 1. The summed E-state index contributed by atoms with van der Waals surface area (Å²) in [7, 11) is -3.90. The third-order valence-electron chi connectivity index (χ3n) is 4.15. The van der Waals surface area contributed by atoms with Gasteiger partial charge in [-0.3, -0.25) is 10.2 Å². The van der Waals surface area contributed by atoms with Crippen LogP contribution in [0.2, 0.25) is 0 Å². The van der Waals surface area contributed by atoms with Crippen LogP contribution < -0.4 is 5.32 Å². The number of aryl methyl sites for hydroxylation is 1. The Bertz CT molecular complexity index is 877. The maximum atomic E-state index is 12.3. The molecule has 2 N–H and O–H groups in total. The highest BCUT2D eigenvalue weighted by Crippen LogP contribution is 2.22. The molecule has 1 aromatic carbocycles. The molecule has 0 aromatic heterocycles. The van der Waals surface area contributed by atoms with Gasteiger partial charge in [0.1, 0.15) is 18.3 Å². The number of nitrogens with zero attached hydrogens (tertiary/aromatic N) is 3. The summed E-state index contributed by atoms with van der Waals surface area (Å²) in [6, 6.07) is 4.81. The minimum atomic E-state index is -3.90. The van der Waals surface area contributed by atoms with Crippen molar-refractivity contribution in [3.8, 4) is 0 Å². The van der Waals surface area contributed by atoms with Crippen LogP contribution in [0.4, 0.5) is 4.79 Å². The van der Waals surface area contributed by atoms with Crippen molar-refractivity contribution < 1.29 is 27.9 Å². The van der Waals surface area contributed by atoms with E-state index in [4.69, 9.17) is 4.74 Å². The number of carboxylic acids is 1. The summed E-state index contributed by atoms with van der Waals surface area (Å²) in [4.78, 5) is 24.9. The number of ether oxygens (including phenoxy) is 1. The topological polar surface area (TPSA) is 138 Å². The lowest BCUT2D eigenvalue weighted by atomic mass is 10.2. The monoisotopic (exact) mass is 426 g/mol. The molecule has 0 spiro atoms. The van der Waals surface area contributed by atoms with E-state index in [1.807, 2.05) is 6.92 Å². The predicted octanol–water partition coefficient (Wildman–Crippen LogP) is 2.15. The molecule has 0 bridgehead atoms. The highest BCUT2D eigenvalue weighted by atomic mass is 32.2. The summed E-state index contributed by atoms with van der Waals surface area (Å²) in [6.07, 6.45) is -0.563. The first-order valence-corrected chi connectivity index (χ1v) is 10.5. The highest BCUT2D eigenvalue weighted by Gasteiger charge is 2.41. The molecular weight excluding hydrogens is 400 g/mol. The fourth-order valence-corrected chi connectivity index (χ4v) is 3.56. The second kappa shape index (κ2) is 8.87. The minimum Gasteiger partial charge on any atom is -0.480 e. The second-order valence-electron chi connectivity index (χ2n) is 7.79. The van der Waals surface area contributed by atoms with E-state index >= 15 is 0 Å². The Labute approximate surface area is 170 Å². The van der Waals surface area contributed by atoms with Crippen molar-refractivity contribution in [1.29, 1.82) is 0 Å². The zero-order chi connectivity index (χ0) is 21.8. The van der Waals surface area contributed by atoms with Crippen LogP contribution in [0, 0.1) is 6.92 Å². The lowest BCUT2D eigenvalue weighted by Crippen LogP contribution is -2.43. The van der Waals surface area contributed by atoms with E-state index in [2.05, 4.69) is 15.0 Å². The number of aliphatic carboxylic acids is 1. The molecule has 11 heteroatoms. The maximum absolute atomic E-state index is 12.3. The average Bonchev–Trinajstić information content (AvgIpc) is 3.02. The number of sulfonamides is 1. The zero-order valence-electron chi connectivity index (χ0n) is 16.8. The lowest BCUT2D eigenvalue weighted by Gasteiger charge is -2.26. The molecule has 10 nitrogen and oxygen atoms in total. The fraction of sp³-hybridized carbons (Fsp3) is 0.556. The average molecular weight is 426 g/mol. The Balaban J connectivity index is 1.95. The van der Waals surface area contributed by atoms with E-state index in [0.717, 1.165) is 10.5 Å². The molecule has 0 radical (unpaired) electrons. The van der Waals surface area contributed by atoms with Crippen LogP contribution in [0.3, 0.4) is 0 Å². The number of carbonyl (C=O) groups is 2. The van der Waals surface area contributed by atoms with Crippen LogP contribution in [0.25, 0.3) is 0 Å². The highest BCUT2D eigenvalue weighted by molar-refractivity contribution is 7.90. The number of rotatable bonds is 6. The van der Waals surface area contributed by atoms with E-state index < -0.39 is 33.7 Å². The van der Waals surface area contributed by atoms with E-state index in [0.29, 0.717) is 0 Å². The number of likely N-dealkylation sites (tertiary alicyclic amines) is 1. The Hall–Kier alpha value is -2.53. The van der Waals surface area contributed by atoms with Crippen LogP contribution in [0.15, 0.2) is 38.8 Å². The molecule has 1 aliphatic heterocycles. The first-order chi connectivity index (χ1) is 13.4. The zero-order valence-corrected chi connectivity index (χ0v) is 17.6.